The SMILES string of the molecule is OCCCO[C@H]1[C@H]2O[C@H]3[C@H](O)[C@@H](O)[C@@H](O[C@H]4[C@H](O)[C@@H](O)[C@@H](O[C@H]5[C@H](O)[C@@H](O)[C@@H](O[C@H]6[C@H](O)[C@@H](O)[C@@H](O[C@H]7[C@H](O)[C@@H](O)[C@@H](O[C@H]8[C@H](O)[C@@H](O)[C@@H](O[C@@H]([C@@H]1O)[C@@H](CO)O2)O[C@@H]8CO)O[C@@H]7CO)O[C@@H]6CO)O[C@@H]5CO)O[C@@H]4CO)O[C@@H]3CO. The van der Waals surface area contributed by atoms with E-state index in [4.69, 9.17) is 71.1 Å². The lowest BCUT2D eigenvalue weighted by molar-refractivity contribution is -0.398. The molecule has 15 aliphatic heterocycles. The minimum atomic E-state index is -2.21. The summed E-state index contributed by atoms with van der Waals surface area (Å²) in [6.07, 6.45) is -69.4. The first-order valence-corrected chi connectivity index (χ1v) is 26.2. The number of aliphatic hydroxyl groups excluding tert-OH is 21. The van der Waals surface area contributed by atoms with Gasteiger partial charge in [0.2, 0.25) is 0 Å². The Morgan fingerprint density at radius 2 is 0.407 bits per heavy atom. The van der Waals surface area contributed by atoms with E-state index in [2.05, 4.69) is 0 Å². The molecule has 0 spiro atoms. The zero-order valence-electron chi connectivity index (χ0n) is 42.8. The third-order valence-corrected chi connectivity index (χ3v) is 15.4. The van der Waals surface area contributed by atoms with Gasteiger partial charge >= 0.3 is 0 Å². The Morgan fingerprint density at radius 3 is 0.605 bits per heavy atom. The Morgan fingerprint density at radius 1 is 0.222 bits per heavy atom. The average Bonchev–Trinajstić information content (AvgIpc) is 3.59. The van der Waals surface area contributed by atoms with Gasteiger partial charge in [-0.05, 0) is 6.42 Å². The number of fused-ring (bicyclic) bond motifs is 7. The number of rotatable bonds is 11. The summed E-state index contributed by atoms with van der Waals surface area (Å²) in [6, 6.07) is 0. The Kier molecular flexibility index (Phi) is 23.1. The second-order valence-electron chi connectivity index (χ2n) is 20.6. The first-order chi connectivity index (χ1) is 38.7. The molecule has 35 atom stereocenters. The van der Waals surface area contributed by atoms with Crippen LogP contribution in [0.2, 0.25) is 0 Å². The molecule has 81 heavy (non-hydrogen) atoms. The highest BCUT2D eigenvalue weighted by Gasteiger charge is 2.60. The third kappa shape index (κ3) is 13.4. The Hall–Kier alpha value is -1.44. The molecule has 15 fully saturated rings. The van der Waals surface area contributed by atoms with E-state index < -0.39 is 268 Å². The normalized spacial score (nSPS) is 53.2. The number of hydrogen-bond donors (Lipinski definition) is 21. The molecule has 21 N–H and O–H groups in total. The van der Waals surface area contributed by atoms with E-state index >= 15 is 0 Å². The maximum atomic E-state index is 11.9. The minimum Gasteiger partial charge on any atom is -0.396 e. The van der Waals surface area contributed by atoms with E-state index in [1.54, 1.807) is 0 Å². The quantitative estimate of drug-likeness (QED) is 0.0854. The fourth-order valence-corrected chi connectivity index (χ4v) is 10.9. The van der Waals surface area contributed by atoms with Crippen molar-refractivity contribution in [2.24, 2.45) is 0 Å². The van der Waals surface area contributed by atoms with Crippen molar-refractivity contribution in [3.8, 4) is 0 Å². The predicted molar refractivity (Wildman–Crippen MR) is 244 cm³/mol. The van der Waals surface area contributed by atoms with Crippen LogP contribution in [0.15, 0.2) is 0 Å². The van der Waals surface area contributed by atoms with Crippen molar-refractivity contribution < 1.29 is 178 Å². The molecule has 0 saturated carbocycles. The molecule has 0 amide bonds. The van der Waals surface area contributed by atoms with E-state index in [9.17, 15) is 107 Å². The lowest BCUT2D eigenvalue weighted by atomic mass is 9.95. The molecule has 15 heterocycles. The molecule has 36 heteroatoms. The van der Waals surface area contributed by atoms with Crippen molar-refractivity contribution in [3.05, 3.63) is 0 Å². The van der Waals surface area contributed by atoms with Gasteiger partial charge < -0.3 is 178 Å². The summed E-state index contributed by atoms with van der Waals surface area (Å²) in [5, 5.41) is 231. The van der Waals surface area contributed by atoms with Crippen molar-refractivity contribution >= 4 is 0 Å². The Balaban J connectivity index is 1.10. The van der Waals surface area contributed by atoms with Crippen LogP contribution in [0.1, 0.15) is 6.42 Å². The summed E-state index contributed by atoms with van der Waals surface area (Å²) in [6.45, 7) is -8.06. The van der Waals surface area contributed by atoms with Crippen molar-refractivity contribution in [2.45, 2.75) is 221 Å². The molecule has 0 aromatic rings. The summed E-state index contributed by atoms with van der Waals surface area (Å²) in [4.78, 5) is 0. The second kappa shape index (κ2) is 28.6. The van der Waals surface area contributed by atoms with Crippen molar-refractivity contribution in [1.82, 2.24) is 0 Å². The largest absolute Gasteiger partial charge is 0.396 e. The molecule has 0 aromatic heterocycles. The topological polar surface area (TPSA) is 563 Å². The molecule has 0 aromatic carbocycles. The summed E-state index contributed by atoms with van der Waals surface area (Å²) in [5.41, 5.74) is 0. The van der Waals surface area contributed by atoms with Gasteiger partial charge in [0, 0.05) is 13.2 Å². The molecular formula is C45H76O36. The smallest absolute Gasteiger partial charge is 0.187 e. The standard InChI is InChI=1S/C45H76O36/c46-2-1-3-67-38-30(66)37-17(10-53)74-45(38)81-36-16(9-52)73-43(29(65)23(36)59)79-34-14(7-50)71-41(27(63)21(34)57)77-32-12(5-48)69-39(25(61)19(32)55)75-31-11(4-47)68-40(24(60)18(31)54)76-33-13(6-49)70-42(26(62)20(33)56)78-35-15(8-51)72-44(80-37)28(64)22(35)58/h11-66H,1-10H2/t11-,12-,13-,14-,15-,16-,17-,18-,19-,20-,21-,22-,23-,24-,25-,26-,27-,28-,29-,30+,31-,32-,33-,34-,35-,36-,37-,38-,39-,40-,41-,42-,43-,44-,45-/m1/s1. The van der Waals surface area contributed by atoms with Crippen molar-refractivity contribution in [3.63, 3.8) is 0 Å². The van der Waals surface area contributed by atoms with Gasteiger partial charge in [-0.1, -0.05) is 0 Å². The molecule has 0 radical (unpaired) electrons. The van der Waals surface area contributed by atoms with E-state index in [0.29, 0.717) is 0 Å². The van der Waals surface area contributed by atoms with Crippen LogP contribution in [0.4, 0.5) is 0 Å². The Labute approximate surface area is 458 Å². The minimum absolute atomic E-state index is 0.0592. The van der Waals surface area contributed by atoms with Crippen LogP contribution in [0.3, 0.4) is 0 Å². The molecule has 15 aliphatic rings. The first kappa shape index (κ1) is 65.5. The zero-order valence-corrected chi connectivity index (χ0v) is 42.8. The van der Waals surface area contributed by atoms with E-state index in [-0.39, 0.29) is 13.0 Å². The van der Waals surface area contributed by atoms with E-state index in [1.807, 2.05) is 0 Å². The van der Waals surface area contributed by atoms with Gasteiger partial charge in [0.15, 0.2) is 44.0 Å². The predicted octanol–water partition coefficient (Wildman–Crippen LogP) is -14.8. The van der Waals surface area contributed by atoms with Crippen molar-refractivity contribution in [2.75, 3.05) is 59.5 Å². The van der Waals surface area contributed by atoms with Crippen LogP contribution in [0.25, 0.3) is 0 Å². The van der Waals surface area contributed by atoms with Crippen LogP contribution in [0.5, 0.6) is 0 Å². The number of aliphatic hydroxyl groups is 21. The molecule has 0 unspecified atom stereocenters. The highest BCUT2D eigenvalue weighted by atomic mass is 16.8. The molecule has 472 valence electrons. The Bertz CT molecular complexity index is 1890. The fourth-order valence-electron chi connectivity index (χ4n) is 10.9. The van der Waals surface area contributed by atoms with Crippen LogP contribution < -0.4 is 0 Å². The van der Waals surface area contributed by atoms with Gasteiger partial charge in [-0.15, -0.1) is 0 Å². The summed E-state index contributed by atoms with van der Waals surface area (Å²) < 4.78 is 86.6. The van der Waals surface area contributed by atoms with Gasteiger partial charge in [0.1, 0.15) is 171 Å². The van der Waals surface area contributed by atoms with Gasteiger partial charge in [-0.3, -0.25) is 0 Å². The molecule has 15 rings (SSSR count). The van der Waals surface area contributed by atoms with Crippen molar-refractivity contribution in [1.29, 1.82) is 0 Å². The summed E-state index contributed by atoms with van der Waals surface area (Å²) >= 11 is 0. The molecule has 15 saturated heterocycles. The van der Waals surface area contributed by atoms with Gasteiger partial charge in [-0.2, -0.15) is 0 Å². The lowest BCUT2D eigenvalue weighted by Crippen LogP contribution is -2.68. The lowest BCUT2D eigenvalue weighted by Gasteiger charge is -2.50. The summed E-state index contributed by atoms with van der Waals surface area (Å²) in [5.74, 6) is 0. The number of hydrogen-bond acceptors (Lipinski definition) is 36. The molecular weight excluding hydrogens is 1120 g/mol. The maximum Gasteiger partial charge on any atom is 0.187 e. The monoisotopic (exact) mass is 1190 g/mol. The van der Waals surface area contributed by atoms with Gasteiger partial charge in [0.25, 0.3) is 0 Å². The van der Waals surface area contributed by atoms with Crippen LogP contribution in [0, 0.1) is 0 Å². The van der Waals surface area contributed by atoms with Crippen LogP contribution >= 0.6 is 0 Å². The fraction of sp³-hybridized carbons (Fsp3) is 1.00. The summed E-state index contributed by atoms with van der Waals surface area (Å²) in [7, 11) is 0. The maximum absolute atomic E-state index is 11.9. The van der Waals surface area contributed by atoms with Crippen LogP contribution in [-0.2, 0) is 71.1 Å². The highest BCUT2D eigenvalue weighted by molar-refractivity contribution is 5.02. The number of ether oxygens (including phenoxy) is 15. The first-order valence-electron chi connectivity index (χ1n) is 26.2. The zero-order chi connectivity index (χ0) is 58.9. The molecule has 0 aliphatic carbocycles. The average molecular weight is 1190 g/mol. The second-order valence-corrected chi connectivity index (χ2v) is 20.6. The molecule has 14 bridgehead atoms. The van der Waals surface area contributed by atoms with Gasteiger partial charge in [0.05, 0.1) is 46.2 Å². The highest BCUT2D eigenvalue weighted by Crippen LogP contribution is 2.39. The van der Waals surface area contributed by atoms with Crippen LogP contribution in [-0.4, -0.2) is 382 Å². The third-order valence-electron chi connectivity index (χ3n) is 15.4. The van der Waals surface area contributed by atoms with Gasteiger partial charge in [-0.25, -0.2) is 0 Å². The van der Waals surface area contributed by atoms with E-state index in [1.165, 1.54) is 0 Å². The molecule has 36 nitrogen and oxygen atoms in total. The van der Waals surface area contributed by atoms with E-state index in [0.717, 1.165) is 0 Å².